The van der Waals surface area contributed by atoms with Crippen LogP contribution in [-0.4, -0.2) is 49.4 Å². The standard InChI is InChI=1S/C2H4O2.7H2O.Zn/c1-2(3)4;;;;;;;;/h1H3,(H,3,4);7*1H2;. The molecule has 0 spiro atoms. The molecule has 0 aromatic rings. The molecule has 0 bridgehead atoms. The van der Waals surface area contributed by atoms with E-state index in [0.717, 1.165) is 6.92 Å². The molecular formula is C2H18O9Zn. The van der Waals surface area contributed by atoms with Gasteiger partial charge in [-0.25, -0.2) is 0 Å². The van der Waals surface area contributed by atoms with Crippen molar-refractivity contribution < 1.29 is 67.7 Å². The van der Waals surface area contributed by atoms with Gasteiger partial charge in [-0.1, -0.05) is 0 Å². The van der Waals surface area contributed by atoms with Gasteiger partial charge < -0.3 is 43.4 Å². The third-order valence-electron chi connectivity index (χ3n) is 0. The first-order chi connectivity index (χ1) is 1.73. The van der Waals surface area contributed by atoms with Gasteiger partial charge in [0.1, 0.15) is 0 Å². The molecule has 9 nitrogen and oxygen atoms in total. The molecule has 0 aromatic heterocycles. The van der Waals surface area contributed by atoms with Crippen molar-refractivity contribution in [2.45, 2.75) is 6.92 Å². The smallest absolute Gasteiger partial charge is 0.300 e. The Kier molecular flexibility index (Phi) is 1910. The van der Waals surface area contributed by atoms with Crippen LogP contribution in [0.5, 0.6) is 0 Å². The van der Waals surface area contributed by atoms with E-state index >= 15 is 0 Å². The van der Waals surface area contributed by atoms with Crippen LogP contribution < -0.4 is 0 Å². The number of hydrogen-bond donors (Lipinski definition) is 1. The van der Waals surface area contributed by atoms with E-state index in [1.807, 2.05) is 0 Å². The molecule has 0 saturated carbocycles. The molecule has 10 heteroatoms. The summed E-state index contributed by atoms with van der Waals surface area (Å²) < 4.78 is 0. The monoisotopic (exact) mass is 250 g/mol. The van der Waals surface area contributed by atoms with E-state index in [9.17, 15) is 0 Å². The zero-order valence-electron chi connectivity index (χ0n) is 6.56. The van der Waals surface area contributed by atoms with Crippen molar-refractivity contribution in [3.8, 4) is 0 Å². The molecular weight excluding hydrogens is 233 g/mol. The van der Waals surface area contributed by atoms with Gasteiger partial charge in [-0.2, -0.15) is 0 Å². The Morgan fingerprint density at radius 1 is 0.833 bits per heavy atom. The number of hydrogen-bond acceptors (Lipinski definition) is 1. The normalized spacial score (nSPS) is 2.08. The quantitative estimate of drug-likeness (QED) is 0.412. The van der Waals surface area contributed by atoms with Crippen LogP contribution in [0.15, 0.2) is 0 Å². The molecule has 0 aliphatic carbocycles. The van der Waals surface area contributed by atoms with Crippen LogP contribution in [0, 0.1) is 0 Å². The predicted octanol–water partition coefficient (Wildman–Crippen LogP) is -5.68. The fraction of sp³-hybridized carbons (Fsp3) is 0.500. The van der Waals surface area contributed by atoms with Crippen LogP contribution in [0.2, 0.25) is 0 Å². The zero-order chi connectivity index (χ0) is 3.58. The maximum Gasteiger partial charge on any atom is 0.300 e. The van der Waals surface area contributed by atoms with Crippen molar-refractivity contribution in [2.24, 2.45) is 0 Å². The summed E-state index contributed by atoms with van der Waals surface area (Å²) in [5.41, 5.74) is 0. The van der Waals surface area contributed by atoms with Crippen molar-refractivity contribution in [3.05, 3.63) is 0 Å². The first kappa shape index (κ1) is 175. The summed E-state index contributed by atoms with van der Waals surface area (Å²) in [6, 6.07) is 0. The summed E-state index contributed by atoms with van der Waals surface area (Å²) in [5.74, 6) is -0.833. The van der Waals surface area contributed by atoms with Crippen LogP contribution in [0.3, 0.4) is 0 Å². The summed E-state index contributed by atoms with van der Waals surface area (Å²) in [5, 5.41) is 7.42. The molecule has 0 rings (SSSR count). The van der Waals surface area contributed by atoms with Gasteiger partial charge in [0.05, 0.1) is 0 Å². The summed E-state index contributed by atoms with van der Waals surface area (Å²) in [7, 11) is 0. The van der Waals surface area contributed by atoms with E-state index in [2.05, 4.69) is 0 Å². The molecule has 12 heavy (non-hydrogen) atoms. The summed E-state index contributed by atoms with van der Waals surface area (Å²) in [6.45, 7) is 1.08. The molecule has 0 aliphatic heterocycles. The van der Waals surface area contributed by atoms with Crippen molar-refractivity contribution >= 4 is 5.97 Å². The maximum absolute atomic E-state index is 9.00. The third kappa shape index (κ3) is 21900. The molecule has 0 aromatic carbocycles. The van der Waals surface area contributed by atoms with E-state index in [-0.39, 0.29) is 57.8 Å². The third-order valence-corrected chi connectivity index (χ3v) is 0. The molecule has 0 aliphatic rings. The molecule has 0 amide bonds. The molecule has 0 fully saturated rings. The Hall–Kier alpha value is -0.187. The molecule has 0 radical (unpaired) electrons. The van der Waals surface area contributed by atoms with Crippen molar-refractivity contribution in [3.63, 3.8) is 0 Å². The fourth-order valence-electron chi connectivity index (χ4n) is 0. The Labute approximate surface area is 81.3 Å². The Morgan fingerprint density at radius 2 is 0.833 bits per heavy atom. The average Bonchev–Trinajstić information content (AvgIpc) is 0.811. The molecule has 0 heterocycles. The second kappa shape index (κ2) is 132. The first-order valence-corrected chi connectivity index (χ1v) is 0.928. The summed E-state index contributed by atoms with van der Waals surface area (Å²) >= 11 is 0. The first-order valence-electron chi connectivity index (χ1n) is 0.928. The largest absolute Gasteiger partial charge is 0.481 e. The SMILES string of the molecule is CC(=O)O.O.O.O.O.O.O.O.[Zn]. The average molecular weight is 252 g/mol. The molecule has 0 unspecified atom stereocenters. The van der Waals surface area contributed by atoms with E-state index in [0.29, 0.717) is 0 Å². The fourth-order valence-corrected chi connectivity index (χ4v) is 0. The maximum atomic E-state index is 9.00. The Morgan fingerprint density at radius 3 is 0.833 bits per heavy atom. The van der Waals surface area contributed by atoms with Gasteiger partial charge in [0.2, 0.25) is 0 Å². The van der Waals surface area contributed by atoms with E-state index < -0.39 is 5.97 Å². The van der Waals surface area contributed by atoms with Gasteiger partial charge in [-0.3, -0.25) is 4.79 Å². The number of carboxylic acids is 1. The number of rotatable bonds is 0. The van der Waals surface area contributed by atoms with Crippen molar-refractivity contribution in [1.82, 2.24) is 0 Å². The molecule has 0 atom stereocenters. The number of carbonyl (C=O) groups is 1. The van der Waals surface area contributed by atoms with Crippen molar-refractivity contribution in [1.29, 1.82) is 0 Å². The van der Waals surface area contributed by atoms with Gasteiger partial charge in [0.25, 0.3) is 5.97 Å². The molecule has 15 N–H and O–H groups in total. The van der Waals surface area contributed by atoms with Gasteiger partial charge in [-0.05, 0) is 0 Å². The topological polar surface area (TPSA) is 258 Å². The van der Waals surface area contributed by atoms with Gasteiger partial charge in [0.15, 0.2) is 0 Å². The van der Waals surface area contributed by atoms with Crippen LogP contribution in [0.25, 0.3) is 0 Å². The minimum Gasteiger partial charge on any atom is -0.481 e. The van der Waals surface area contributed by atoms with Gasteiger partial charge in [0, 0.05) is 26.4 Å². The second-order valence-electron chi connectivity index (χ2n) is 0.519. The minimum atomic E-state index is -0.833. The predicted molar refractivity (Wildman–Crippen MR) is 38.6 cm³/mol. The molecule has 0 saturated heterocycles. The zero-order valence-corrected chi connectivity index (χ0v) is 9.53. The van der Waals surface area contributed by atoms with Crippen molar-refractivity contribution in [2.75, 3.05) is 0 Å². The van der Waals surface area contributed by atoms with Gasteiger partial charge in [-0.15, -0.1) is 0 Å². The number of aliphatic carboxylic acids is 1. The second-order valence-corrected chi connectivity index (χ2v) is 0.519. The Balaban J connectivity index is -0.00000000161. The Bertz CT molecular complexity index is 35.5. The molecule has 82 valence electrons. The summed E-state index contributed by atoms with van der Waals surface area (Å²) in [6.07, 6.45) is 0. The van der Waals surface area contributed by atoms with E-state index in [1.54, 1.807) is 0 Å². The van der Waals surface area contributed by atoms with Crippen LogP contribution in [0.4, 0.5) is 0 Å². The minimum absolute atomic E-state index is 0. The van der Waals surface area contributed by atoms with Crippen LogP contribution in [0.1, 0.15) is 6.92 Å². The van der Waals surface area contributed by atoms with Gasteiger partial charge >= 0.3 is 0 Å². The number of carboxylic acid groups (broad SMARTS) is 1. The van der Waals surface area contributed by atoms with E-state index in [4.69, 9.17) is 9.90 Å². The van der Waals surface area contributed by atoms with Crippen LogP contribution in [-0.2, 0) is 24.3 Å². The van der Waals surface area contributed by atoms with Crippen LogP contribution >= 0.6 is 0 Å². The van der Waals surface area contributed by atoms with E-state index in [1.165, 1.54) is 0 Å². The summed E-state index contributed by atoms with van der Waals surface area (Å²) in [4.78, 5) is 9.00.